The van der Waals surface area contributed by atoms with Gasteiger partial charge in [0.1, 0.15) is 5.75 Å². The fourth-order valence-electron chi connectivity index (χ4n) is 4.73. The van der Waals surface area contributed by atoms with Crippen molar-refractivity contribution in [2.75, 3.05) is 13.1 Å². The van der Waals surface area contributed by atoms with Crippen LogP contribution in [0.4, 0.5) is 0 Å². The molecule has 132 valence electrons. The maximum atomic E-state index is 9.76. The number of nitrogens with zero attached hydrogens (tertiary/aromatic N) is 1. The van der Waals surface area contributed by atoms with E-state index in [-0.39, 0.29) is 0 Å². The molecule has 2 N–H and O–H groups in total. The first-order valence-corrected chi connectivity index (χ1v) is 9.59. The summed E-state index contributed by atoms with van der Waals surface area (Å²) in [4.78, 5) is 2.73. The van der Waals surface area contributed by atoms with Gasteiger partial charge in [0.05, 0.1) is 0 Å². The second-order valence-electron chi connectivity index (χ2n) is 7.55. The van der Waals surface area contributed by atoms with E-state index in [4.69, 9.17) is 0 Å². The first-order chi connectivity index (χ1) is 12.3. The minimum Gasteiger partial charge on any atom is -0.508 e. The van der Waals surface area contributed by atoms with Crippen molar-refractivity contribution in [3.8, 4) is 5.75 Å². The lowest BCUT2D eigenvalue weighted by Crippen LogP contribution is -2.45. The quantitative estimate of drug-likeness (QED) is 0.786. The first kappa shape index (κ1) is 16.6. The van der Waals surface area contributed by atoms with Crippen molar-refractivity contribution in [2.24, 2.45) is 0 Å². The SMILES string of the molecule is Oc1cccc(C2C[C@H]3CC[C@@H](C2)N3CCNCc2ccccc2)c1. The van der Waals surface area contributed by atoms with Crippen LogP contribution in [0.1, 0.15) is 42.7 Å². The lowest BCUT2D eigenvalue weighted by molar-refractivity contribution is 0.127. The van der Waals surface area contributed by atoms with Crippen molar-refractivity contribution in [1.82, 2.24) is 10.2 Å². The summed E-state index contributed by atoms with van der Waals surface area (Å²) in [5.41, 5.74) is 2.67. The van der Waals surface area contributed by atoms with Crippen LogP contribution in [0.5, 0.6) is 5.75 Å². The molecule has 0 amide bonds. The van der Waals surface area contributed by atoms with Crippen LogP contribution in [0.2, 0.25) is 0 Å². The van der Waals surface area contributed by atoms with Gasteiger partial charge in [-0.3, -0.25) is 4.90 Å². The van der Waals surface area contributed by atoms with Gasteiger partial charge < -0.3 is 10.4 Å². The van der Waals surface area contributed by atoms with E-state index in [1.54, 1.807) is 6.07 Å². The van der Waals surface area contributed by atoms with Crippen molar-refractivity contribution in [2.45, 2.75) is 50.2 Å². The minimum atomic E-state index is 0.400. The molecular weight excluding hydrogens is 308 g/mol. The van der Waals surface area contributed by atoms with Crippen LogP contribution in [0.3, 0.4) is 0 Å². The first-order valence-electron chi connectivity index (χ1n) is 9.59. The van der Waals surface area contributed by atoms with Gasteiger partial charge in [-0.1, -0.05) is 42.5 Å². The predicted molar refractivity (Wildman–Crippen MR) is 102 cm³/mol. The van der Waals surface area contributed by atoms with E-state index < -0.39 is 0 Å². The van der Waals surface area contributed by atoms with Crippen molar-refractivity contribution >= 4 is 0 Å². The number of hydrogen-bond acceptors (Lipinski definition) is 3. The molecule has 2 aromatic carbocycles. The molecule has 0 radical (unpaired) electrons. The number of benzene rings is 2. The van der Waals surface area contributed by atoms with E-state index in [2.05, 4.69) is 46.6 Å². The molecule has 3 atom stereocenters. The molecule has 2 aromatic rings. The van der Waals surface area contributed by atoms with E-state index in [1.807, 2.05) is 12.1 Å². The Hall–Kier alpha value is -1.84. The summed E-state index contributed by atoms with van der Waals surface area (Å²) in [7, 11) is 0. The van der Waals surface area contributed by atoms with Gasteiger partial charge in [0.2, 0.25) is 0 Å². The van der Waals surface area contributed by atoms with Gasteiger partial charge in [-0.15, -0.1) is 0 Å². The number of rotatable bonds is 6. The highest BCUT2D eigenvalue weighted by Crippen LogP contribution is 2.43. The number of nitrogens with one attached hydrogen (secondary N) is 1. The van der Waals surface area contributed by atoms with Gasteiger partial charge in [-0.05, 0) is 54.9 Å². The summed E-state index contributed by atoms with van der Waals surface area (Å²) in [5.74, 6) is 1.01. The molecule has 0 aromatic heterocycles. The molecule has 2 bridgehead atoms. The molecule has 3 nitrogen and oxygen atoms in total. The van der Waals surface area contributed by atoms with Gasteiger partial charge in [-0.2, -0.15) is 0 Å². The van der Waals surface area contributed by atoms with Gasteiger partial charge >= 0.3 is 0 Å². The molecule has 2 heterocycles. The summed E-state index contributed by atoms with van der Waals surface area (Å²) in [6.07, 6.45) is 5.13. The topological polar surface area (TPSA) is 35.5 Å². The number of aromatic hydroxyl groups is 1. The Balaban J connectivity index is 1.29. The van der Waals surface area contributed by atoms with Crippen molar-refractivity contribution in [3.63, 3.8) is 0 Å². The molecular formula is C22H28N2O. The Morgan fingerprint density at radius 1 is 0.960 bits per heavy atom. The van der Waals surface area contributed by atoms with Gasteiger partial charge in [-0.25, -0.2) is 0 Å². The highest BCUT2D eigenvalue weighted by molar-refractivity contribution is 5.30. The standard InChI is InChI=1S/C22H28N2O/c25-22-8-4-7-18(15-22)19-13-20-9-10-21(14-19)24(20)12-11-23-16-17-5-2-1-3-6-17/h1-8,15,19-21,23,25H,9-14,16H2/t19?,20-,21+. The Morgan fingerprint density at radius 3 is 2.44 bits per heavy atom. The zero-order valence-electron chi connectivity index (χ0n) is 14.8. The monoisotopic (exact) mass is 336 g/mol. The molecule has 0 spiro atoms. The van der Waals surface area contributed by atoms with E-state index in [1.165, 1.54) is 36.8 Å². The number of phenols is 1. The summed E-state index contributed by atoms with van der Waals surface area (Å²) in [6, 6.07) is 19.9. The zero-order chi connectivity index (χ0) is 17.1. The van der Waals surface area contributed by atoms with Gasteiger partial charge in [0, 0.05) is 31.7 Å². The normalized spacial score (nSPS) is 26.0. The largest absolute Gasteiger partial charge is 0.508 e. The maximum Gasteiger partial charge on any atom is 0.115 e. The molecule has 0 saturated carbocycles. The van der Waals surface area contributed by atoms with Gasteiger partial charge in [0.25, 0.3) is 0 Å². The van der Waals surface area contributed by atoms with Crippen LogP contribution >= 0.6 is 0 Å². The summed E-state index contributed by atoms with van der Waals surface area (Å²) in [6.45, 7) is 3.16. The third-order valence-electron chi connectivity index (χ3n) is 5.94. The molecule has 4 rings (SSSR count). The summed E-state index contributed by atoms with van der Waals surface area (Å²) < 4.78 is 0. The average molecular weight is 336 g/mol. The second kappa shape index (κ2) is 7.59. The lowest BCUT2D eigenvalue weighted by atomic mass is 9.85. The second-order valence-corrected chi connectivity index (χ2v) is 7.55. The molecule has 2 aliphatic rings. The zero-order valence-corrected chi connectivity index (χ0v) is 14.8. The van der Waals surface area contributed by atoms with Crippen LogP contribution in [0.25, 0.3) is 0 Å². The molecule has 2 aliphatic heterocycles. The van der Waals surface area contributed by atoms with Crippen LogP contribution < -0.4 is 5.32 Å². The highest BCUT2D eigenvalue weighted by atomic mass is 16.3. The van der Waals surface area contributed by atoms with Crippen molar-refractivity contribution in [1.29, 1.82) is 0 Å². The van der Waals surface area contributed by atoms with E-state index in [0.29, 0.717) is 23.8 Å². The fourth-order valence-corrected chi connectivity index (χ4v) is 4.73. The fraction of sp³-hybridized carbons (Fsp3) is 0.455. The number of fused-ring (bicyclic) bond motifs is 2. The van der Waals surface area contributed by atoms with Crippen LogP contribution in [-0.2, 0) is 6.54 Å². The number of phenolic OH excluding ortho intramolecular Hbond substituents is 1. The third-order valence-corrected chi connectivity index (χ3v) is 5.94. The lowest BCUT2D eigenvalue weighted by Gasteiger charge is -2.39. The Bertz CT molecular complexity index is 673. The molecule has 1 unspecified atom stereocenters. The number of hydrogen-bond donors (Lipinski definition) is 2. The van der Waals surface area contributed by atoms with Crippen LogP contribution in [0, 0.1) is 0 Å². The highest BCUT2D eigenvalue weighted by Gasteiger charge is 2.40. The summed E-state index contributed by atoms with van der Waals surface area (Å²) >= 11 is 0. The Morgan fingerprint density at radius 2 is 1.72 bits per heavy atom. The Labute approximate surface area is 150 Å². The average Bonchev–Trinajstić information content (AvgIpc) is 2.87. The summed E-state index contributed by atoms with van der Waals surface area (Å²) in [5, 5.41) is 13.4. The third kappa shape index (κ3) is 3.88. The van der Waals surface area contributed by atoms with E-state index in [0.717, 1.165) is 19.6 Å². The van der Waals surface area contributed by atoms with Gasteiger partial charge in [0.15, 0.2) is 0 Å². The van der Waals surface area contributed by atoms with E-state index in [9.17, 15) is 5.11 Å². The molecule has 3 heteroatoms. The number of piperidine rings is 1. The molecule has 0 aliphatic carbocycles. The van der Waals surface area contributed by atoms with Crippen molar-refractivity contribution in [3.05, 3.63) is 65.7 Å². The molecule has 2 fully saturated rings. The molecule has 25 heavy (non-hydrogen) atoms. The minimum absolute atomic E-state index is 0.400. The van der Waals surface area contributed by atoms with Crippen LogP contribution in [-0.4, -0.2) is 35.2 Å². The smallest absolute Gasteiger partial charge is 0.115 e. The predicted octanol–water partition coefficient (Wildman–Crippen LogP) is 3.89. The van der Waals surface area contributed by atoms with Crippen LogP contribution in [0.15, 0.2) is 54.6 Å². The van der Waals surface area contributed by atoms with E-state index >= 15 is 0 Å². The maximum absolute atomic E-state index is 9.76. The Kier molecular flexibility index (Phi) is 5.04. The van der Waals surface area contributed by atoms with Crippen molar-refractivity contribution < 1.29 is 5.11 Å². The molecule has 2 saturated heterocycles.